The zero-order valence-corrected chi connectivity index (χ0v) is 12.4. The topological polar surface area (TPSA) is 96.4 Å². The summed E-state index contributed by atoms with van der Waals surface area (Å²) in [7, 11) is -3.82. The van der Waals surface area contributed by atoms with Crippen LogP contribution in [0, 0.1) is 13.8 Å². The molecule has 0 spiro atoms. The summed E-state index contributed by atoms with van der Waals surface area (Å²) in [6.45, 7) is 3.38. The predicted molar refractivity (Wildman–Crippen MR) is 75.8 cm³/mol. The van der Waals surface area contributed by atoms with Gasteiger partial charge in [0.1, 0.15) is 14.9 Å². The third-order valence-corrected chi connectivity index (χ3v) is 5.56. The van der Waals surface area contributed by atoms with E-state index in [0.717, 1.165) is 16.9 Å². The van der Waals surface area contributed by atoms with Gasteiger partial charge in [0.05, 0.1) is 0 Å². The van der Waals surface area contributed by atoms with Crippen molar-refractivity contribution in [1.29, 1.82) is 0 Å². The molecule has 20 heavy (non-hydrogen) atoms. The summed E-state index contributed by atoms with van der Waals surface area (Å²) >= 11 is 0.720. The fourth-order valence-corrected chi connectivity index (χ4v) is 3.95. The lowest BCUT2D eigenvalue weighted by Gasteiger charge is -2.05. The molecule has 6 nitrogen and oxygen atoms in total. The number of thiophene rings is 1. The van der Waals surface area contributed by atoms with E-state index in [4.69, 9.17) is 5.11 Å². The van der Waals surface area contributed by atoms with Gasteiger partial charge in [0.2, 0.25) is 0 Å². The number of nitrogens with zero attached hydrogens (tertiary/aromatic N) is 1. The summed E-state index contributed by atoms with van der Waals surface area (Å²) < 4.78 is 26.6. The van der Waals surface area contributed by atoms with E-state index in [1.807, 2.05) is 6.92 Å². The normalized spacial score (nSPS) is 11.3. The van der Waals surface area contributed by atoms with Crippen LogP contribution in [0.15, 0.2) is 28.6 Å². The van der Waals surface area contributed by atoms with Crippen LogP contribution >= 0.6 is 11.3 Å². The number of aromatic nitrogens is 1. The zero-order chi connectivity index (χ0) is 14.9. The molecule has 2 N–H and O–H groups in total. The van der Waals surface area contributed by atoms with Crippen LogP contribution in [0.25, 0.3) is 0 Å². The van der Waals surface area contributed by atoms with E-state index in [-0.39, 0.29) is 14.9 Å². The minimum absolute atomic E-state index is 0.0163. The minimum Gasteiger partial charge on any atom is -0.477 e. The Kier molecular flexibility index (Phi) is 3.78. The van der Waals surface area contributed by atoms with Crippen molar-refractivity contribution in [2.75, 3.05) is 4.72 Å². The Bertz CT molecular complexity index is 766. The van der Waals surface area contributed by atoms with Crippen LogP contribution in [-0.2, 0) is 10.0 Å². The first kappa shape index (κ1) is 14.5. The lowest BCUT2D eigenvalue weighted by atomic mass is 10.3. The third-order valence-electron chi connectivity index (χ3n) is 2.51. The number of nitrogens with one attached hydrogen (secondary N) is 1. The van der Waals surface area contributed by atoms with Gasteiger partial charge in [0, 0.05) is 6.20 Å². The zero-order valence-electron chi connectivity index (χ0n) is 10.7. The van der Waals surface area contributed by atoms with Crippen molar-refractivity contribution in [2.45, 2.75) is 18.1 Å². The second-order valence-electron chi connectivity index (χ2n) is 4.21. The van der Waals surface area contributed by atoms with Gasteiger partial charge < -0.3 is 5.11 Å². The molecule has 0 saturated heterocycles. The fourth-order valence-electron chi connectivity index (χ4n) is 1.58. The maximum absolute atomic E-state index is 12.2. The molecule has 0 aromatic carbocycles. The Morgan fingerprint density at radius 2 is 2.05 bits per heavy atom. The van der Waals surface area contributed by atoms with E-state index in [1.54, 1.807) is 19.1 Å². The number of sulfonamides is 1. The second kappa shape index (κ2) is 5.22. The van der Waals surface area contributed by atoms with Gasteiger partial charge in [0.15, 0.2) is 0 Å². The number of carbonyl (C=O) groups is 1. The van der Waals surface area contributed by atoms with Gasteiger partial charge >= 0.3 is 5.97 Å². The standard InChI is InChI=1S/C12H12N2O4S2/c1-7-3-4-13-9(5-7)14-20(17,18)10-6-8(2)11(19-10)12(15)16/h3-6H,1-2H3,(H,13,14)(H,15,16). The van der Waals surface area contributed by atoms with Crippen molar-refractivity contribution < 1.29 is 18.3 Å². The van der Waals surface area contributed by atoms with Crippen molar-refractivity contribution in [2.24, 2.45) is 0 Å². The van der Waals surface area contributed by atoms with Crippen molar-refractivity contribution in [3.05, 3.63) is 40.4 Å². The molecule has 0 atom stereocenters. The summed E-state index contributed by atoms with van der Waals surface area (Å²) in [5.74, 6) is -0.935. The third kappa shape index (κ3) is 2.97. The Labute approximate surface area is 120 Å². The van der Waals surface area contributed by atoms with Crippen LogP contribution in [0.5, 0.6) is 0 Å². The van der Waals surface area contributed by atoms with Gasteiger partial charge in [-0.1, -0.05) is 0 Å². The Morgan fingerprint density at radius 3 is 2.60 bits per heavy atom. The molecular weight excluding hydrogens is 300 g/mol. The van der Waals surface area contributed by atoms with Gasteiger partial charge in [-0.25, -0.2) is 18.2 Å². The lowest BCUT2D eigenvalue weighted by Crippen LogP contribution is -2.12. The molecule has 0 bridgehead atoms. The molecule has 2 rings (SSSR count). The number of hydrogen-bond acceptors (Lipinski definition) is 5. The number of carboxylic acids is 1. The first-order valence-electron chi connectivity index (χ1n) is 5.59. The Morgan fingerprint density at radius 1 is 1.35 bits per heavy atom. The van der Waals surface area contributed by atoms with Crippen LogP contribution in [0.3, 0.4) is 0 Å². The van der Waals surface area contributed by atoms with E-state index < -0.39 is 16.0 Å². The molecule has 2 heterocycles. The highest BCUT2D eigenvalue weighted by Gasteiger charge is 2.22. The van der Waals surface area contributed by atoms with Gasteiger partial charge in [-0.05, 0) is 43.2 Å². The number of rotatable bonds is 4. The van der Waals surface area contributed by atoms with Crippen LogP contribution in [0.2, 0.25) is 0 Å². The van der Waals surface area contributed by atoms with Crippen LogP contribution < -0.4 is 4.72 Å². The summed E-state index contributed by atoms with van der Waals surface area (Å²) in [4.78, 5) is 14.9. The largest absolute Gasteiger partial charge is 0.477 e. The molecule has 2 aromatic rings. The number of aryl methyl sites for hydroxylation is 2. The highest BCUT2D eigenvalue weighted by atomic mass is 32.2. The predicted octanol–water partition coefficient (Wildman–Crippen LogP) is 2.26. The average Bonchev–Trinajstić information content (AvgIpc) is 2.71. The summed E-state index contributed by atoms with van der Waals surface area (Å²) in [6, 6.07) is 4.68. The average molecular weight is 312 g/mol. The SMILES string of the molecule is Cc1ccnc(NS(=O)(=O)c2cc(C)c(C(=O)O)s2)c1. The number of pyridine rings is 1. The number of anilines is 1. The molecule has 0 fully saturated rings. The summed E-state index contributed by atoms with van der Waals surface area (Å²) in [6.07, 6.45) is 1.50. The molecule has 106 valence electrons. The molecule has 2 aromatic heterocycles. The number of carboxylic acid groups (broad SMARTS) is 1. The van der Waals surface area contributed by atoms with Crippen LogP contribution in [0.4, 0.5) is 5.82 Å². The summed E-state index contributed by atoms with van der Waals surface area (Å²) in [5, 5.41) is 8.95. The number of hydrogen-bond donors (Lipinski definition) is 2. The first-order chi connectivity index (χ1) is 9.29. The van der Waals surface area contributed by atoms with Gasteiger partial charge in [-0.2, -0.15) is 0 Å². The van der Waals surface area contributed by atoms with Gasteiger partial charge in [0.25, 0.3) is 10.0 Å². The van der Waals surface area contributed by atoms with Crippen molar-refractivity contribution >= 4 is 33.1 Å². The molecule has 0 radical (unpaired) electrons. The van der Waals surface area contributed by atoms with Gasteiger partial charge in [-0.3, -0.25) is 4.72 Å². The smallest absolute Gasteiger partial charge is 0.346 e. The van der Waals surface area contributed by atoms with E-state index in [9.17, 15) is 13.2 Å². The molecule has 0 aliphatic heterocycles. The molecule has 0 aliphatic carbocycles. The molecule has 0 aliphatic rings. The van der Waals surface area contributed by atoms with Crippen molar-refractivity contribution in [3.63, 3.8) is 0 Å². The van der Waals surface area contributed by atoms with Crippen LogP contribution in [0.1, 0.15) is 20.8 Å². The molecule has 0 unspecified atom stereocenters. The monoisotopic (exact) mass is 312 g/mol. The highest BCUT2D eigenvalue weighted by Crippen LogP contribution is 2.27. The maximum atomic E-state index is 12.2. The Hall–Kier alpha value is -1.93. The molecule has 0 saturated carbocycles. The fraction of sp³-hybridized carbons (Fsp3) is 0.167. The lowest BCUT2D eigenvalue weighted by molar-refractivity contribution is 0.0701. The van der Waals surface area contributed by atoms with Crippen LogP contribution in [-0.4, -0.2) is 24.5 Å². The van der Waals surface area contributed by atoms with Crippen molar-refractivity contribution in [3.8, 4) is 0 Å². The maximum Gasteiger partial charge on any atom is 0.346 e. The Balaban J connectivity index is 2.36. The highest BCUT2D eigenvalue weighted by molar-refractivity contribution is 7.94. The summed E-state index contributed by atoms with van der Waals surface area (Å²) in [5.41, 5.74) is 1.28. The van der Waals surface area contributed by atoms with E-state index in [1.165, 1.54) is 12.3 Å². The molecule has 0 amide bonds. The quantitative estimate of drug-likeness (QED) is 0.902. The first-order valence-corrected chi connectivity index (χ1v) is 7.89. The van der Waals surface area contributed by atoms with E-state index >= 15 is 0 Å². The molecular formula is C12H12N2O4S2. The molecule has 8 heteroatoms. The van der Waals surface area contributed by atoms with Crippen molar-refractivity contribution in [1.82, 2.24) is 4.98 Å². The van der Waals surface area contributed by atoms with Gasteiger partial charge in [-0.15, -0.1) is 11.3 Å². The van der Waals surface area contributed by atoms with E-state index in [0.29, 0.717) is 5.56 Å². The minimum atomic E-state index is -3.82. The number of aromatic carboxylic acids is 1. The van der Waals surface area contributed by atoms with E-state index in [2.05, 4.69) is 9.71 Å². The second-order valence-corrected chi connectivity index (χ2v) is 7.17.